The van der Waals surface area contributed by atoms with Crippen LogP contribution in [0.25, 0.3) is 32.7 Å². The number of furan rings is 1. The minimum absolute atomic E-state index is 0.0133. The summed E-state index contributed by atoms with van der Waals surface area (Å²) in [5.41, 5.74) is 8.15. The molecule has 0 N–H and O–H groups in total. The van der Waals surface area contributed by atoms with Gasteiger partial charge in [0.2, 0.25) is 0 Å². The molecule has 6 heteroatoms. The first-order valence-corrected chi connectivity index (χ1v) is 20.4. The summed E-state index contributed by atoms with van der Waals surface area (Å²) in [5, 5.41) is 6.11. The van der Waals surface area contributed by atoms with Crippen LogP contribution in [-0.2, 0) is 0 Å². The molecule has 0 fully saturated rings. The number of para-hydroxylation sites is 4. The summed E-state index contributed by atoms with van der Waals surface area (Å²) in [6, 6.07) is 49.2. The number of ether oxygens (including phenoxy) is 2. The predicted octanol–water partition coefficient (Wildman–Crippen LogP) is 9.48. The molecule has 0 bridgehead atoms. The van der Waals surface area contributed by atoms with Crippen LogP contribution in [0.2, 0.25) is 19.6 Å². The van der Waals surface area contributed by atoms with Crippen LogP contribution < -0.4 is 35.9 Å². The van der Waals surface area contributed by atoms with E-state index in [1.807, 2.05) is 24.3 Å². The first-order chi connectivity index (χ1) is 23.9. The zero-order valence-electron chi connectivity index (χ0n) is 27.5. The maximum Gasteiger partial charge on any atom is 0.260 e. The standard InChI is InChI=1S/C43H32BNO3Si/c1-49(2,3)43-29-14-5-4-13-27(29)23-24-35(43)45(34-19-12-16-31-30-15-6-9-20-36(30)48-42(31)34)28-25-39-41-40(26-28)47-38-22-11-8-18-33(38)44(41)32-17-7-10-21-37(32)46-39/h4-26H,1-3H3. The Morgan fingerprint density at radius 3 is 1.86 bits per heavy atom. The summed E-state index contributed by atoms with van der Waals surface area (Å²) < 4.78 is 20.3. The second-order valence-electron chi connectivity index (χ2n) is 14.1. The van der Waals surface area contributed by atoms with E-state index in [1.165, 1.54) is 16.0 Å². The number of hydrogen-bond donors (Lipinski definition) is 0. The molecule has 0 aliphatic carbocycles. The minimum Gasteiger partial charge on any atom is -0.458 e. The molecule has 0 amide bonds. The van der Waals surface area contributed by atoms with Gasteiger partial charge in [-0.25, -0.2) is 0 Å². The smallest absolute Gasteiger partial charge is 0.260 e. The molecule has 0 saturated carbocycles. The summed E-state index contributed by atoms with van der Waals surface area (Å²) >= 11 is 0. The van der Waals surface area contributed by atoms with Crippen LogP contribution in [0, 0.1) is 0 Å². The van der Waals surface area contributed by atoms with Crippen molar-refractivity contribution in [2.24, 2.45) is 0 Å². The predicted molar refractivity (Wildman–Crippen MR) is 207 cm³/mol. The number of nitrogens with zero attached hydrogens (tertiary/aromatic N) is 1. The summed E-state index contributed by atoms with van der Waals surface area (Å²) in [6.45, 7) is 7.30. The van der Waals surface area contributed by atoms with Gasteiger partial charge in [0.15, 0.2) is 5.58 Å². The fourth-order valence-electron chi connectivity index (χ4n) is 8.06. The molecule has 0 saturated heterocycles. The van der Waals surface area contributed by atoms with Gasteiger partial charge in [-0.2, -0.15) is 0 Å². The van der Waals surface area contributed by atoms with Crippen LogP contribution in [0.1, 0.15) is 0 Å². The first-order valence-electron chi connectivity index (χ1n) is 16.9. The average molecular weight is 650 g/mol. The zero-order valence-corrected chi connectivity index (χ0v) is 28.5. The van der Waals surface area contributed by atoms with Crippen molar-refractivity contribution in [3.8, 4) is 23.0 Å². The Hall–Kier alpha value is -5.72. The Labute approximate surface area is 286 Å². The first kappa shape index (κ1) is 28.3. The Kier molecular flexibility index (Phi) is 6.00. The third kappa shape index (κ3) is 4.23. The normalized spacial score (nSPS) is 13.1. The van der Waals surface area contributed by atoms with Crippen molar-refractivity contribution < 1.29 is 13.9 Å². The summed E-state index contributed by atoms with van der Waals surface area (Å²) in [5.74, 6) is 3.36. The van der Waals surface area contributed by atoms with E-state index >= 15 is 0 Å². The molecule has 10 rings (SSSR count). The molecule has 0 unspecified atom stereocenters. The van der Waals surface area contributed by atoms with Crippen LogP contribution in [0.3, 0.4) is 0 Å². The van der Waals surface area contributed by atoms with Gasteiger partial charge in [0.05, 0.1) is 19.4 Å². The number of anilines is 3. The van der Waals surface area contributed by atoms with E-state index in [0.717, 1.165) is 78.4 Å². The van der Waals surface area contributed by atoms with E-state index in [0.29, 0.717) is 0 Å². The second-order valence-corrected chi connectivity index (χ2v) is 19.1. The zero-order chi connectivity index (χ0) is 32.9. The lowest BCUT2D eigenvalue weighted by molar-refractivity contribution is 0.465. The molecule has 234 valence electrons. The third-order valence-corrected chi connectivity index (χ3v) is 12.1. The van der Waals surface area contributed by atoms with Crippen molar-refractivity contribution >= 4 is 86.1 Å². The fraction of sp³-hybridized carbons (Fsp3) is 0.0698. The number of rotatable bonds is 4. The third-order valence-electron chi connectivity index (χ3n) is 10.1. The van der Waals surface area contributed by atoms with Gasteiger partial charge in [-0.05, 0) is 57.2 Å². The van der Waals surface area contributed by atoms with E-state index in [1.54, 1.807) is 0 Å². The second kappa shape index (κ2) is 10.4. The molecule has 2 aliphatic rings. The molecule has 4 nitrogen and oxygen atoms in total. The van der Waals surface area contributed by atoms with Gasteiger partial charge < -0.3 is 18.8 Å². The van der Waals surface area contributed by atoms with Gasteiger partial charge in [0.1, 0.15) is 28.6 Å². The minimum atomic E-state index is -1.95. The maximum atomic E-state index is 6.78. The number of fused-ring (bicyclic) bond motifs is 8. The van der Waals surface area contributed by atoms with Crippen LogP contribution in [0.4, 0.5) is 17.1 Å². The van der Waals surface area contributed by atoms with Crippen LogP contribution in [0.5, 0.6) is 23.0 Å². The molecule has 7 aromatic carbocycles. The van der Waals surface area contributed by atoms with Gasteiger partial charge in [0.25, 0.3) is 6.71 Å². The molecule has 49 heavy (non-hydrogen) atoms. The SMILES string of the molecule is C[Si](C)(C)c1c(N(c2cc3c4c(c2)Oc2ccccc2B4c2ccccc2O3)c2cccc3c2oc2ccccc23)ccc2ccccc12. The van der Waals surface area contributed by atoms with Crippen LogP contribution in [-0.4, -0.2) is 14.8 Å². The Morgan fingerprint density at radius 2 is 1.14 bits per heavy atom. The quantitative estimate of drug-likeness (QED) is 0.178. The Morgan fingerprint density at radius 1 is 0.531 bits per heavy atom. The molecule has 3 heterocycles. The largest absolute Gasteiger partial charge is 0.458 e. The van der Waals surface area contributed by atoms with Crippen molar-refractivity contribution in [1.29, 1.82) is 0 Å². The van der Waals surface area contributed by atoms with E-state index in [9.17, 15) is 0 Å². The number of benzene rings is 7. The summed E-state index contributed by atoms with van der Waals surface area (Å²) in [4.78, 5) is 2.38. The van der Waals surface area contributed by atoms with Crippen LogP contribution >= 0.6 is 0 Å². The van der Waals surface area contributed by atoms with E-state index < -0.39 is 8.07 Å². The van der Waals surface area contributed by atoms with Gasteiger partial charge >= 0.3 is 0 Å². The van der Waals surface area contributed by atoms with Gasteiger partial charge in [0, 0.05) is 34.1 Å². The lowest BCUT2D eigenvalue weighted by atomic mass is 9.35. The molecule has 0 spiro atoms. The van der Waals surface area contributed by atoms with Crippen molar-refractivity contribution in [3.05, 3.63) is 140 Å². The highest BCUT2D eigenvalue weighted by molar-refractivity contribution is 6.98. The molecular formula is C43H32BNO3Si. The highest BCUT2D eigenvalue weighted by Crippen LogP contribution is 2.46. The average Bonchev–Trinajstić information content (AvgIpc) is 3.50. The van der Waals surface area contributed by atoms with E-state index in [2.05, 4.69) is 140 Å². The lowest BCUT2D eigenvalue weighted by Crippen LogP contribution is -2.57. The van der Waals surface area contributed by atoms with Crippen molar-refractivity contribution in [1.82, 2.24) is 0 Å². The topological polar surface area (TPSA) is 34.8 Å². The van der Waals surface area contributed by atoms with Gasteiger partial charge in [-0.1, -0.05) is 117 Å². The van der Waals surface area contributed by atoms with Gasteiger partial charge in [-0.15, -0.1) is 0 Å². The maximum absolute atomic E-state index is 6.78. The van der Waals surface area contributed by atoms with Crippen LogP contribution in [0.15, 0.2) is 144 Å². The van der Waals surface area contributed by atoms with Gasteiger partial charge in [-0.3, -0.25) is 0 Å². The monoisotopic (exact) mass is 649 g/mol. The lowest BCUT2D eigenvalue weighted by Gasteiger charge is -2.36. The fourth-order valence-corrected chi connectivity index (χ4v) is 10.1. The molecule has 2 aliphatic heterocycles. The van der Waals surface area contributed by atoms with Crippen molar-refractivity contribution in [2.75, 3.05) is 4.90 Å². The summed E-state index contributed by atoms with van der Waals surface area (Å²) in [7, 11) is -1.95. The Bertz CT molecular complexity index is 2570. The molecule has 0 radical (unpaired) electrons. The highest BCUT2D eigenvalue weighted by Gasteiger charge is 2.41. The van der Waals surface area contributed by atoms with Crippen molar-refractivity contribution in [3.63, 3.8) is 0 Å². The molecule has 0 atom stereocenters. The molecule has 1 aromatic heterocycles. The van der Waals surface area contributed by atoms with E-state index in [-0.39, 0.29) is 6.71 Å². The molecular weight excluding hydrogens is 617 g/mol. The number of hydrogen-bond acceptors (Lipinski definition) is 4. The summed E-state index contributed by atoms with van der Waals surface area (Å²) in [6.07, 6.45) is 0. The Balaban J connectivity index is 1.30. The van der Waals surface area contributed by atoms with E-state index in [4.69, 9.17) is 13.9 Å². The molecule has 8 aromatic rings. The van der Waals surface area contributed by atoms with Crippen molar-refractivity contribution in [2.45, 2.75) is 19.6 Å². The highest BCUT2D eigenvalue weighted by atomic mass is 28.3.